The first-order valence-corrected chi connectivity index (χ1v) is 10.2. The molecule has 2 fully saturated rings. The second-order valence-corrected chi connectivity index (χ2v) is 8.10. The van der Waals surface area contributed by atoms with Crippen molar-refractivity contribution in [3.63, 3.8) is 0 Å². The van der Waals surface area contributed by atoms with Gasteiger partial charge in [-0.2, -0.15) is 10.2 Å². The zero-order chi connectivity index (χ0) is 19.8. The van der Waals surface area contributed by atoms with Crippen LogP contribution in [0.5, 0.6) is 0 Å². The Labute approximate surface area is 169 Å². The molecule has 0 spiro atoms. The predicted octanol–water partition coefficient (Wildman–Crippen LogP) is 3.14. The summed E-state index contributed by atoms with van der Waals surface area (Å²) in [5.41, 5.74) is 1.84. The van der Waals surface area contributed by atoms with Gasteiger partial charge in [0.2, 0.25) is 0 Å². The Hall–Kier alpha value is -2.86. The molecular weight excluding hydrogens is 367 g/mol. The molecule has 0 bridgehead atoms. The first-order chi connectivity index (χ1) is 14.2. The van der Waals surface area contributed by atoms with E-state index in [-0.39, 0.29) is 11.5 Å². The third kappa shape index (κ3) is 3.60. The van der Waals surface area contributed by atoms with Crippen LogP contribution in [-0.2, 0) is 6.42 Å². The molecule has 2 saturated heterocycles. The number of carbonyl (C=O) groups is 1. The Balaban J connectivity index is 1.31. The minimum Gasteiger partial charge on any atom is -0.338 e. The number of likely N-dealkylation sites (tertiary alicyclic amines) is 2. The summed E-state index contributed by atoms with van der Waals surface area (Å²) in [6.07, 6.45) is 3.51. The molecule has 29 heavy (non-hydrogen) atoms. The van der Waals surface area contributed by atoms with Gasteiger partial charge in [0.25, 0.3) is 5.91 Å². The summed E-state index contributed by atoms with van der Waals surface area (Å²) < 4.78 is 14.4. The van der Waals surface area contributed by atoms with Crippen LogP contribution in [0, 0.1) is 11.7 Å². The van der Waals surface area contributed by atoms with Crippen LogP contribution in [0.3, 0.4) is 0 Å². The van der Waals surface area contributed by atoms with E-state index in [4.69, 9.17) is 0 Å². The van der Waals surface area contributed by atoms with Gasteiger partial charge in [0.05, 0.1) is 17.5 Å². The molecule has 0 N–H and O–H groups in total. The Morgan fingerprint density at radius 1 is 1.14 bits per heavy atom. The van der Waals surface area contributed by atoms with Crippen molar-refractivity contribution in [1.82, 2.24) is 20.0 Å². The summed E-state index contributed by atoms with van der Waals surface area (Å²) >= 11 is 0. The zero-order valence-corrected chi connectivity index (χ0v) is 16.2. The van der Waals surface area contributed by atoms with Gasteiger partial charge in [0, 0.05) is 42.7 Å². The first kappa shape index (κ1) is 18.2. The lowest BCUT2D eigenvalue weighted by molar-refractivity contribution is 0.0336. The van der Waals surface area contributed by atoms with Gasteiger partial charge in [-0.3, -0.25) is 4.79 Å². The minimum atomic E-state index is -0.464. The van der Waals surface area contributed by atoms with Crippen LogP contribution in [0.15, 0.2) is 48.7 Å². The molecular formula is C23H23FN4O. The molecule has 0 atom stereocenters. The molecule has 5 nitrogen and oxygen atoms in total. The van der Waals surface area contributed by atoms with Crippen molar-refractivity contribution in [2.45, 2.75) is 12.8 Å². The lowest BCUT2D eigenvalue weighted by Crippen LogP contribution is -2.55. The molecule has 6 heteroatoms. The van der Waals surface area contributed by atoms with E-state index in [9.17, 15) is 9.18 Å². The zero-order valence-electron chi connectivity index (χ0n) is 16.2. The molecule has 0 aliphatic carbocycles. The van der Waals surface area contributed by atoms with E-state index >= 15 is 0 Å². The second-order valence-electron chi connectivity index (χ2n) is 8.10. The fourth-order valence-corrected chi connectivity index (χ4v) is 4.21. The molecule has 2 aliphatic rings. The minimum absolute atomic E-state index is 0.151. The van der Waals surface area contributed by atoms with Gasteiger partial charge in [-0.15, -0.1) is 0 Å². The van der Waals surface area contributed by atoms with Crippen LogP contribution in [0.2, 0.25) is 0 Å². The largest absolute Gasteiger partial charge is 0.338 e. The lowest BCUT2D eigenvalue weighted by Gasteiger charge is -2.43. The summed E-state index contributed by atoms with van der Waals surface area (Å²) in [4.78, 5) is 17.0. The van der Waals surface area contributed by atoms with E-state index in [0.29, 0.717) is 25.4 Å². The average Bonchev–Trinajstić information content (AvgIpc) is 2.67. The van der Waals surface area contributed by atoms with Crippen LogP contribution in [-0.4, -0.2) is 58.6 Å². The quantitative estimate of drug-likeness (QED) is 0.672. The molecule has 3 heterocycles. The summed E-state index contributed by atoms with van der Waals surface area (Å²) in [5, 5.41) is 10.4. The summed E-state index contributed by atoms with van der Waals surface area (Å²) in [7, 11) is 0. The van der Waals surface area contributed by atoms with Gasteiger partial charge in [-0.25, -0.2) is 4.39 Å². The number of halogens is 1. The standard InChI is InChI=1S/C23H23FN4O/c24-21-7-6-16(11-22-19-5-2-1-4-18(19)12-25-26-22)10-20(21)23(29)28-14-17(15-28)13-27-8-3-9-27/h1-2,4-7,10,12,17H,3,8-9,11,13-15H2. The van der Waals surface area contributed by atoms with Gasteiger partial charge in [0.1, 0.15) is 5.82 Å². The van der Waals surface area contributed by atoms with Crippen LogP contribution in [0.25, 0.3) is 10.8 Å². The van der Waals surface area contributed by atoms with Gasteiger partial charge in [0.15, 0.2) is 0 Å². The maximum Gasteiger partial charge on any atom is 0.256 e. The molecule has 1 aromatic heterocycles. The Morgan fingerprint density at radius 3 is 2.76 bits per heavy atom. The van der Waals surface area contributed by atoms with E-state index in [2.05, 4.69) is 15.1 Å². The Bertz CT molecular complexity index is 1050. The average molecular weight is 390 g/mol. The van der Waals surface area contributed by atoms with Gasteiger partial charge < -0.3 is 9.80 Å². The van der Waals surface area contributed by atoms with Crippen LogP contribution in [0.4, 0.5) is 4.39 Å². The first-order valence-electron chi connectivity index (χ1n) is 10.2. The van der Waals surface area contributed by atoms with E-state index in [1.54, 1.807) is 23.2 Å². The number of amides is 1. The smallest absolute Gasteiger partial charge is 0.256 e. The van der Waals surface area contributed by atoms with E-state index in [1.165, 1.54) is 12.5 Å². The fraction of sp³-hybridized carbons (Fsp3) is 0.348. The Morgan fingerprint density at radius 2 is 1.97 bits per heavy atom. The summed E-state index contributed by atoms with van der Waals surface area (Å²) in [6.45, 7) is 4.81. The third-order valence-electron chi connectivity index (χ3n) is 5.99. The van der Waals surface area contributed by atoms with Crippen molar-refractivity contribution in [3.05, 3.63) is 71.3 Å². The van der Waals surface area contributed by atoms with E-state index in [0.717, 1.165) is 41.7 Å². The molecule has 3 aromatic rings. The molecule has 2 aromatic carbocycles. The number of aromatic nitrogens is 2. The molecule has 5 rings (SSSR count). The highest BCUT2D eigenvalue weighted by Gasteiger charge is 2.34. The predicted molar refractivity (Wildman–Crippen MR) is 109 cm³/mol. The van der Waals surface area contributed by atoms with Crippen molar-refractivity contribution >= 4 is 16.7 Å². The number of hydrogen-bond acceptors (Lipinski definition) is 4. The molecule has 1 amide bonds. The number of hydrogen-bond donors (Lipinski definition) is 0. The van der Waals surface area contributed by atoms with Gasteiger partial charge in [-0.1, -0.05) is 30.3 Å². The molecule has 0 saturated carbocycles. The summed E-state index contributed by atoms with van der Waals surface area (Å²) in [6, 6.07) is 12.7. The summed E-state index contributed by atoms with van der Waals surface area (Å²) in [5.74, 6) is -0.168. The topological polar surface area (TPSA) is 49.3 Å². The highest BCUT2D eigenvalue weighted by atomic mass is 19.1. The molecule has 0 radical (unpaired) electrons. The van der Waals surface area contributed by atoms with E-state index < -0.39 is 5.82 Å². The maximum atomic E-state index is 14.4. The van der Waals surface area contributed by atoms with Crippen molar-refractivity contribution in [1.29, 1.82) is 0 Å². The molecule has 0 unspecified atom stereocenters. The second kappa shape index (κ2) is 7.52. The fourth-order valence-electron chi connectivity index (χ4n) is 4.21. The lowest BCUT2D eigenvalue weighted by atomic mass is 9.96. The van der Waals surface area contributed by atoms with Gasteiger partial charge in [-0.05, 0) is 37.2 Å². The SMILES string of the molecule is O=C(c1cc(Cc2nncc3ccccc23)ccc1F)N1CC(CN2CCC2)C1. The van der Waals surface area contributed by atoms with Crippen LogP contribution >= 0.6 is 0 Å². The number of benzene rings is 2. The normalized spacial score (nSPS) is 17.2. The van der Waals surface area contributed by atoms with Crippen molar-refractivity contribution in [2.24, 2.45) is 5.92 Å². The molecule has 148 valence electrons. The maximum absolute atomic E-state index is 14.4. The number of rotatable bonds is 5. The van der Waals surface area contributed by atoms with Crippen molar-refractivity contribution in [2.75, 3.05) is 32.7 Å². The van der Waals surface area contributed by atoms with Crippen molar-refractivity contribution in [3.8, 4) is 0 Å². The number of fused-ring (bicyclic) bond motifs is 1. The number of nitrogens with zero attached hydrogens (tertiary/aromatic N) is 4. The highest BCUT2D eigenvalue weighted by molar-refractivity contribution is 5.95. The van der Waals surface area contributed by atoms with Gasteiger partial charge >= 0.3 is 0 Å². The number of carbonyl (C=O) groups excluding carboxylic acids is 1. The monoisotopic (exact) mass is 390 g/mol. The third-order valence-corrected chi connectivity index (χ3v) is 5.99. The van der Waals surface area contributed by atoms with Crippen molar-refractivity contribution < 1.29 is 9.18 Å². The highest BCUT2D eigenvalue weighted by Crippen LogP contribution is 2.24. The Kier molecular flexibility index (Phi) is 4.72. The van der Waals surface area contributed by atoms with Crippen LogP contribution in [0.1, 0.15) is 28.0 Å². The molecule has 2 aliphatic heterocycles. The van der Waals surface area contributed by atoms with E-state index in [1.807, 2.05) is 24.3 Å². The van der Waals surface area contributed by atoms with Crippen LogP contribution < -0.4 is 0 Å².